The molecule has 1 rings (SSSR count). The number of Topliss-reactive ketones (excluding diaryl/α,β-unsaturated/α-hetero) is 1. The first kappa shape index (κ1) is 9.62. The number of ketones is 1. The van der Waals surface area contributed by atoms with Crippen LogP contribution in [0.15, 0.2) is 0 Å². The Bertz CT molecular complexity index is 191. The van der Waals surface area contributed by atoms with E-state index in [1.165, 1.54) is 6.92 Å². The summed E-state index contributed by atoms with van der Waals surface area (Å²) in [6.07, 6.45) is -0.657. The molecule has 0 radical (unpaired) electrons. The predicted molar refractivity (Wildman–Crippen MR) is 42.1 cm³/mol. The average Bonchev–Trinajstić information content (AvgIpc) is 2.00. The van der Waals surface area contributed by atoms with E-state index in [0.717, 1.165) is 12.8 Å². The van der Waals surface area contributed by atoms with E-state index in [0.29, 0.717) is 6.42 Å². The number of rotatable bonds is 1. The van der Waals surface area contributed by atoms with Crippen LogP contribution in [0, 0.1) is 11.3 Å². The maximum Gasteiger partial charge on any atom is 0.250 e. The van der Waals surface area contributed by atoms with Crippen LogP contribution >= 0.6 is 0 Å². The molecule has 0 bridgehead atoms. The Hall–Kier alpha value is -0.470. The molecule has 70 valence electrons. The SMILES string of the molecule is CC1CCCC(C)(C(F)F)C1=O. The second-order valence-corrected chi connectivity index (χ2v) is 3.88. The molecule has 0 spiro atoms. The molecule has 1 fully saturated rings. The highest BCUT2D eigenvalue weighted by molar-refractivity contribution is 5.87. The van der Waals surface area contributed by atoms with Gasteiger partial charge in [0.1, 0.15) is 5.78 Å². The van der Waals surface area contributed by atoms with E-state index in [1.54, 1.807) is 6.92 Å². The third-order valence-electron chi connectivity index (χ3n) is 2.83. The highest BCUT2D eigenvalue weighted by Crippen LogP contribution is 2.40. The van der Waals surface area contributed by atoms with Gasteiger partial charge in [-0.15, -0.1) is 0 Å². The molecule has 0 saturated heterocycles. The maximum absolute atomic E-state index is 12.5. The van der Waals surface area contributed by atoms with Crippen molar-refractivity contribution in [1.82, 2.24) is 0 Å². The van der Waals surface area contributed by atoms with Crippen LogP contribution in [0.5, 0.6) is 0 Å². The molecule has 0 aromatic carbocycles. The van der Waals surface area contributed by atoms with Crippen molar-refractivity contribution in [1.29, 1.82) is 0 Å². The smallest absolute Gasteiger partial charge is 0.250 e. The summed E-state index contributed by atoms with van der Waals surface area (Å²) in [5.74, 6) is -0.443. The Labute approximate surface area is 71.1 Å². The van der Waals surface area contributed by atoms with E-state index in [1.807, 2.05) is 0 Å². The van der Waals surface area contributed by atoms with Crippen LogP contribution < -0.4 is 0 Å². The van der Waals surface area contributed by atoms with E-state index < -0.39 is 11.8 Å². The lowest BCUT2D eigenvalue weighted by Crippen LogP contribution is -2.41. The van der Waals surface area contributed by atoms with Gasteiger partial charge in [0.2, 0.25) is 0 Å². The Morgan fingerprint density at radius 2 is 2.17 bits per heavy atom. The molecule has 2 unspecified atom stereocenters. The van der Waals surface area contributed by atoms with E-state index >= 15 is 0 Å². The molecular weight excluding hydrogens is 162 g/mol. The number of carbonyl (C=O) groups excluding carboxylic acids is 1. The first-order valence-corrected chi connectivity index (χ1v) is 4.31. The van der Waals surface area contributed by atoms with Crippen molar-refractivity contribution >= 4 is 5.78 Å². The van der Waals surface area contributed by atoms with Gasteiger partial charge in [0.05, 0.1) is 5.41 Å². The maximum atomic E-state index is 12.5. The minimum absolute atomic E-state index is 0.183. The highest BCUT2D eigenvalue weighted by Gasteiger charge is 2.46. The van der Waals surface area contributed by atoms with Crippen molar-refractivity contribution in [2.24, 2.45) is 11.3 Å². The Kier molecular flexibility index (Phi) is 2.49. The van der Waals surface area contributed by atoms with Crippen LogP contribution in [0.4, 0.5) is 8.78 Å². The van der Waals surface area contributed by atoms with Crippen LogP contribution in [0.2, 0.25) is 0 Å². The summed E-state index contributed by atoms with van der Waals surface area (Å²) in [6.45, 7) is 3.12. The summed E-state index contributed by atoms with van der Waals surface area (Å²) in [4.78, 5) is 11.4. The van der Waals surface area contributed by atoms with Gasteiger partial charge in [-0.05, 0) is 19.8 Å². The Balaban J connectivity index is 2.81. The lowest BCUT2D eigenvalue weighted by molar-refractivity contribution is -0.144. The highest BCUT2D eigenvalue weighted by atomic mass is 19.3. The molecular formula is C9H14F2O. The summed E-state index contributed by atoms with van der Waals surface area (Å²) < 4.78 is 25.0. The lowest BCUT2D eigenvalue weighted by atomic mass is 9.70. The van der Waals surface area contributed by atoms with Gasteiger partial charge < -0.3 is 0 Å². The zero-order valence-corrected chi connectivity index (χ0v) is 7.44. The summed E-state index contributed by atoms with van der Waals surface area (Å²) in [6, 6.07) is 0. The fourth-order valence-electron chi connectivity index (χ4n) is 1.81. The van der Waals surface area contributed by atoms with Gasteiger partial charge in [0, 0.05) is 5.92 Å². The van der Waals surface area contributed by atoms with Crippen molar-refractivity contribution in [3.63, 3.8) is 0 Å². The first-order chi connectivity index (χ1) is 5.48. The largest absolute Gasteiger partial charge is 0.299 e. The molecule has 0 aromatic rings. The van der Waals surface area contributed by atoms with Crippen LogP contribution in [-0.2, 0) is 4.79 Å². The number of hydrogen-bond acceptors (Lipinski definition) is 1. The number of hydrogen-bond donors (Lipinski definition) is 0. The van der Waals surface area contributed by atoms with Gasteiger partial charge in [-0.1, -0.05) is 13.3 Å². The molecule has 1 aliphatic rings. The minimum atomic E-state index is -2.51. The number of alkyl halides is 2. The molecule has 0 aromatic heterocycles. The van der Waals surface area contributed by atoms with Crippen LogP contribution in [-0.4, -0.2) is 12.2 Å². The van der Waals surface area contributed by atoms with E-state index in [-0.39, 0.29) is 11.7 Å². The molecule has 0 heterocycles. The fraction of sp³-hybridized carbons (Fsp3) is 0.889. The Morgan fingerprint density at radius 3 is 2.58 bits per heavy atom. The van der Waals surface area contributed by atoms with Gasteiger partial charge in [-0.2, -0.15) is 0 Å². The lowest BCUT2D eigenvalue weighted by Gasteiger charge is -2.34. The summed E-state index contributed by atoms with van der Waals surface area (Å²) in [5.41, 5.74) is -1.36. The van der Waals surface area contributed by atoms with E-state index in [9.17, 15) is 13.6 Å². The van der Waals surface area contributed by atoms with E-state index in [4.69, 9.17) is 0 Å². The van der Waals surface area contributed by atoms with Crippen LogP contribution in [0.3, 0.4) is 0 Å². The topological polar surface area (TPSA) is 17.1 Å². The quantitative estimate of drug-likeness (QED) is 0.600. The van der Waals surface area contributed by atoms with Gasteiger partial charge >= 0.3 is 0 Å². The molecule has 1 nitrogen and oxygen atoms in total. The summed E-state index contributed by atoms with van der Waals surface area (Å²) >= 11 is 0. The van der Waals surface area contributed by atoms with Crippen molar-refractivity contribution in [3.8, 4) is 0 Å². The standard InChI is InChI=1S/C9H14F2O/c1-6-4-3-5-9(2,7(6)12)8(10)11/h6,8H,3-5H2,1-2H3. The molecule has 3 heteroatoms. The second-order valence-electron chi connectivity index (χ2n) is 3.88. The monoisotopic (exact) mass is 176 g/mol. The van der Waals surface area contributed by atoms with Gasteiger partial charge in [0.25, 0.3) is 6.43 Å². The molecule has 12 heavy (non-hydrogen) atoms. The fourth-order valence-corrected chi connectivity index (χ4v) is 1.81. The van der Waals surface area contributed by atoms with Crippen molar-refractivity contribution in [2.45, 2.75) is 39.5 Å². The summed E-state index contributed by atoms with van der Waals surface area (Å²) in [5, 5.41) is 0. The third kappa shape index (κ3) is 1.37. The van der Waals surface area contributed by atoms with Crippen LogP contribution in [0.1, 0.15) is 33.1 Å². The third-order valence-corrected chi connectivity index (χ3v) is 2.83. The second kappa shape index (κ2) is 3.11. The van der Waals surface area contributed by atoms with Crippen molar-refractivity contribution in [3.05, 3.63) is 0 Å². The average molecular weight is 176 g/mol. The Morgan fingerprint density at radius 1 is 1.58 bits per heavy atom. The number of carbonyl (C=O) groups is 1. The molecule has 1 aliphatic carbocycles. The zero-order valence-electron chi connectivity index (χ0n) is 7.44. The predicted octanol–water partition coefficient (Wildman–Crippen LogP) is 2.65. The minimum Gasteiger partial charge on any atom is -0.299 e. The molecule has 0 aliphatic heterocycles. The first-order valence-electron chi connectivity index (χ1n) is 4.31. The van der Waals surface area contributed by atoms with Gasteiger partial charge in [-0.25, -0.2) is 8.78 Å². The van der Waals surface area contributed by atoms with Gasteiger partial charge in [-0.3, -0.25) is 4.79 Å². The van der Waals surface area contributed by atoms with Gasteiger partial charge in [0.15, 0.2) is 0 Å². The van der Waals surface area contributed by atoms with E-state index in [2.05, 4.69) is 0 Å². The van der Waals surface area contributed by atoms with Crippen molar-refractivity contribution < 1.29 is 13.6 Å². The normalized spacial score (nSPS) is 37.4. The molecule has 1 saturated carbocycles. The molecule has 2 atom stereocenters. The molecule has 0 N–H and O–H groups in total. The molecule has 0 amide bonds. The summed E-state index contributed by atoms with van der Waals surface area (Å²) in [7, 11) is 0. The van der Waals surface area contributed by atoms with Crippen LogP contribution in [0.25, 0.3) is 0 Å². The van der Waals surface area contributed by atoms with Crippen molar-refractivity contribution in [2.75, 3.05) is 0 Å². The zero-order chi connectivity index (χ0) is 9.35. The number of halogens is 2.